The predicted octanol–water partition coefficient (Wildman–Crippen LogP) is 4.44. The molecule has 1 aromatic heterocycles. The van der Waals surface area contributed by atoms with Crippen LogP contribution in [0.2, 0.25) is 5.02 Å². The van der Waals surface area contributed by atoms with E-state index in [-0.39, 0.29) is 22.5 Å². The molecule has 17 heavy (non-hydrogen) atoms. The summed E-state index contributed by atoms with van der Waals surface area (Å²) in [6, 6.07) is 5.40. The number of rotatable bonds is 3. The van der Waals surface area contributed by atoms with E-state index in [1.165, 1.54) is 18.2 Å². The second-order valence-corrected chi connectivity index (χ2v) is 4.33. The summed E-state index contributed by atoms with van der Waals surface area (Å²) in [6.45, 7) is 0. The van der Waals surface area contributed by atoms with Crippen LogP contribution in [0.1, 0.15) is 10.6 Å². The highest BCUT2D eigenvalue weighted by molar-refractivity contribution is 9.10. The topological polar surface area (TPSA) is 39.4 Å². The Morgan fingerprint density at radius 2 is 2.18 bits per heavy atom. The average molecular weight is 320 g/mol. The maximum Gasteiger partial charge on any atom is 0.290 e. The molecule has 1 aromatic carbocycles. The first-order valence-corrected chi connectivity index (χ1v) is 5.64. The van der Waals surface area contributed by atoms with E-state index in [9.17, 15) is 9.18 Å². The maximum absolute atomic E-state index is 13.2. The molecule has 2 aromatic rings. The molecule has 0 spiro atoms. The zero-order valence-corrected chi connectivity index (χ0v) is 10.6. The molecule has 0 aliphatic carbocycles. The molecule has 6 heteroatoms. The molecule has 0 radical (unpaired) electrons. The van der Waals surface area contributed by atoms with E-state index in [1.54, 1.807) is 0 Å². The highest BCUT2D eigenvalue weighted by Gasteiger charge is 2.10. The van der Waals surface area contributed by atoms with Gasteiger partial charge in [-0.15, -0.1) is 0 Å². The van der Waals surface area contributed by atoms with Crippen LogP contribution in [0.15, 0.2) is 33.2 Å². The number of benzene rings is 1. The van der Waals surface area contributed by atoms with Gasteiger partial charge in [-0.2, -0.15) is 0 Å². The Morgan fingerprint density at radius 3 is 2.82 bits per heavy atom. The van der Waals surface area contributed by atoms with Gasteiger partial charge in [0.15, 0.2) is 12.0 Å². The summed E-state index contributed by atoms with van der Waals surface area (Å²) in [5, 5.41) is -0.0164. The molecule has 0 atom stereocenters. The van der Waals surface area contributed by atoms with Crippen LogP contribution >= 0.6 is 27.5 Å². The van der Waals surface area contributed by atoms with Crippen LogP contribution in [0, 0.1) is 5.82 Å². The van der Waals surface area contributed by atoms with Crippen molar-refractivity contribution in [2.75, 3.05) is 0 Å². The summed E-state index contributed by atoms with van der Waals surface area (Å²) in [4.78, 5) is 10.4. The Bertz CT molecular complexity index is 568. The highest BCUT2D eigenvalue weighted by atomic mass is 79.9. The summed E-state index contributed by atoms with van der Waals surface area (Å²) in [5.41, 5.74) is 0. The quantitative estimate of drug-likeness (QED) is 0.620. The molecule has 0 aliphatic heterocycles. The molecule has 0 N–H and O–H groups in total. The van der Waals surface area contributed by atoms with Gasteiger partial charge in [-0.05, 0) is 28.1 Å². The van der Waals surface area contributed by atoms with Gasteiger partial charge in [-0.1, -0.05) is 11.6 Å². The Hall–Kier alpha value is -1.33. The van der Waals surface area contributed by atoms with E-state index in [0.717, 1.165) is 6.07 Å². The number of carbonyl (C=O) groups is 1. The molecule has 0 bridgehead atoms. The predicted molar refractivity (Wildman–Crippen MR) is 63.3 cm³/mol. The molecule has 0 unspecified atom stereocenters. The van der Waals surface area contributed by atoms with E-state index in [0.29, 0.717) is 10.8 Å². The number of carbonyl (C=O) groups excluding carboxylic acids is 1. The Labute approximate surface area is 109 Å². The van der Waals surface area contributed by atoms with Gasteiger partial charge in [-0.25, -0.2) is 4.39 Å². The number of hydrogen-bond donors (Lipinski definition) is 0. The molecule has 0 saturated carbocycles. The van der Waals surface area contributed by atoms with Gasteiger partial charge in [0.05, 0.1) is 9.50 Å². The SMILES string of the molecule is O=Cc1ccc(Oc2cc(F)c(Cl)cc2Br)o1. The molecule has 1 heterocycles. The minimum absolute atomic E-state index is 0.0164. The van der Waals surface area contributed by atoms with Gasteiger partial charge in [-0.3, -0.25) is 4.79 Å². The largest absolute Gasteiger partial charge is 0.425 e. The van der Waals surface area contributed by atoms with Crippen LogP contribution in [0.5, 0.6) is 11.7 Å². The fourth-order valence-corrected chi connectivity index (χ4v) is 1.86. The second-order valence-electron chi connectivity index (χ2n) is 3.07. The third kappa shape index (κ3) is 2.68. The van der Waals surface area contributed by atoms with Crippen molar-refractivity contribution in [3.05, 3.63) is 45.3 Å². The minimum atomic E-state index is -0.605. The molecule has 0 aliphatic rings. The van der Waals surface area contributed by atoms with Gasteiger partial charge in [0.1, 0.15) is 11.6 Å². The molecule has 2 rings (SSSR count). The van der Waals surface area contributed by atoms with Gasteiger partial charge in [0.2, 0.25) is 0 Å². The van der Waals surface area contributed by atoms with Crippen LogP contribution in [0.3, 0.4) is 0 Å². The minimum Gasteiger partial charge on any atom is -0.425 e. The van der Waals surface area contributed by atoms with Crippen LogP contribution in [0.4, 0.5) is 4.39 Å². The number of aldehydes is 1. The Kier molecular flexibility index (Phi) is 3.49. The van der Waals surface area contributed by atoms with Crippen molar-refractivity contribution in [3.63, 3.8) is 0 Å². The third-order valence-electron chi connectivity index (χ3n) is 1.90. The van der Waals surface area contributed by atoms with Crippen LogP contribution in [0.25, 0.3) is 0 Å². The van der Waals surface area contributed by atoms with Gasteiger partial charge >= 0.3 is 0 Å². The number of ether oxygens (including phenoxy) is 1. The van der Waals surface area contributed by atoms with Crippen molar-refractivity contribution in [1.82, 2.24) is 0 Å². The first kappa shape index (κ1) is 12.1. The normalized spacial score (nSPS) is 10.3. The van der Waals surface area contributed by atoms with Crippen molar-refractivity contribution in [1.29, 1.82) is 0 Å². The fourth-order valence-electron chi connectivity index (χ4n) is 1.14. The zero-order chi connectivity index (χ0) is 12.4. The fraction of sp³-hybridized carbons (Fsp3) is 0. The monoisotopic (exact) mass is 318 g/mol. The Balaban J connectivity index is 2.29. The smallest absolute Gasteiger partial charge is 0.290 e. The summed E-state index contributed by atoms with van der Waals surface area (Å²) in [7, 11) is 0. The lowest BCUT2D eigenvalue weighted by molar-refractivity contribution is 0.109. The number of halogens is 3. The molecule has 3 nitrogen and oxygen atoms in total. The molecule has 0 fully saturated rings. The van der Waals surface area contributed by atoms with Crippen LogP contribution in [-0.4, -0.2) is 6.29 Å². The highest BCUT2D eigenvalue weighted by Crippen LogP contribution is 2.34. The summed E-state index contributed by atoms with van der Waals surface area (Å²) >= 11 is 8.76. The van der Waals surface area contributed by atoms with Gasteiger partial charge < -0.3 is 9.15 Å². The lowest BCUT2D eigenvalue weighted by Crippen LogP contribution is -1.86. The van der Waals surface area contributed by atoms with Crippen molar-refractivity contribution in [3.8, 4) is 11.7 Å². The van der Waals surface area contributed by atoms with E-state index in [4.69, 9.17) is 20.8 Å². The van der Waals surface area contributed by atoms with Gasteiger partial charge in [0, 0.05) is 12.1 Å². The lowest BCUT2D eigenvalue weighted by atomic mass is 10.3. The van der Waals surface area contributed by atoms with Gasteiger partial charge in [0.25, 0.3) is 5.95 Å². The molecular weight excluding hydrogens is 314 g/mol. The number of hydrogen-bond acceptors (Lipinski definition) is 3. The molecule has 0 amide bonds. The van der Waals surface area contributed by atoms with Crippen molar-refractivity contribution < 1.29 is 18.3 Å². The summed E-state index contributed by atoms with van der Waals surface area (Å²) < 4.78 is 23.9. The van der Waals surface area contributed by atoms with Crippen molar-refractivity contribution in [2.24, 2.45) is 0 Å². The maximum atomic E-state index is 13.2. The zero-order valence-electron chi connectivity index (χ0n) is 8.25. The van der Waals surface area contributed by atoms with Crippen molar-refractivity contribution >= 4 is 33.8 Å². The Morgan fingerprint density at radius 1 is 1.41 bits per heavy atom. The molecule has 88 valence electrons. The van der Waals surface area contributed by atoms with Crippen molar-refractivity contribution in [2.45, 2.75) is 0 Å². The van der Waals surface area contributed by atoms with E-state index in [2.05, 4.69) is 15.9 Å². The van der Waals surface area contributed by atoms with E-state index >= 15 is 0 Å². The summed E-state index contributed by atoms with van der Waals surface area (Å²) in [5.74, 6) is -0.175. The summed E-state index contributed by atoms with van der Waals surface area (Å²) in [6.07, 6.45) is 0.546. The third-order valence-corrected chi connectivity index (χ3v) is 2.81. The first-order valence-electron chi connectivity index (χ1n) is 4.47. The molecular formula is C11H5BrClFO3. The van der Waals surface area contributed by atoms with Crippen LogP contribution in [-0.2, 0) is 0 Å². The van der Waals surface area contributed by atoms with E-state index < -0.39 is 5.82 Å². The average Bonchev–Trinajstić information content (AvgIpc) is 2.73. The van der Waals surface area contributed by atoms with E-state index in [1.807, 2.05) is 0 Å². The lowest BCUT2D eigenvalue weighted by Gasteiger charge is -2.05. The first-order chi connectivity index (χ1) is 8.10. The molecule has 0 saturated heterocycles. The standard InChI is InChI=1S/C11H5BrClFO3/c12-7-3-8(13)9(14)4-10(7)17-11-2-1-6(5-15)16-11/h1-5H. The van der Waals surface area contributed by atoms with Crippen LogP contribution < -0.4 is 4.74 Å². The number of furan rings is 1. The second kappa shape index (κ2) is 4.89.